The van der Waals surface area contributed by atoms with Crippen LogP contribution >= 0.6 is 0 Å². The fourth-order valence-corrected chi connectivity index (χ4v) is 2.77. The molecule has 18 heavy (non-hydrogen) atoms. The molecule has 3 N–H and O–H groups in total. The maximum atomic E-state index is 6.07. The zero-order chi connectivity index (χ0) is 12.4. The van der Waals surface area contributed by atoms with Gasteiger partial charge in [-0.2, -0.15) is 4.98 Å². The second kappa shape index (κ2) is 5.10. The Morgan fingerprint density at radius 3 is 2.61 bits per heavy atom. The highest BCUT2D eigenvalue weighted by Gasteiger charge is 2.19. The number of aromatic nitrogens is 2. The first kappa shape index (κ1) is 11.7. The molecular weight excluding hydrogens is 226 g/mol. The van der Waals surface area contributed by atoms with E-state index in [-0.39, 0.29) is 0 Å². The molecule has 1 saturated heterocycles. The molecule has 5 heteroatoms. The molecule has 2 aliphatic heterocycles. The van der Waals surface area contributed by atoms with Gasteiger partial charge in [0, 0.05) is 38.2 Å². The first-order chi connectivity index (χ1) is 8.84. The summed E-state index contributed by atoms with van der Waals surface area (Å²) in [4.78, 5) is 11.5. The van der Waals surface area contributed by atoms with Gasteiger partial charge < -0.3 is 16.0 Å². The number of anilines is 2. The molecule has 0 aliphatic carbocycles. The molecule has 2 aliphatic rings. The van der Waals surface area contributed by atoms with Crippen LogP contribution in [0.5, 0.6) is 0 Å². The molecule has 1 aromatic rings. The van der Waals surface area contributed by atoms with Gasteiger partial charge in [-0.05, 0) is 12.8 Å². The van der Waals surface area contributed by atoms with Crippen LogP contribution in [0.25, 0.3) is 0 Å². The van der Waals surface area contributed by atoms with Crippen molar-refractivity contribution in [3.8, 4) is 0 Å². The van der Waals surface area contributed by atoms with Gasteiger partial charge in [0.1, 0.15) is 5.82 Å². The predicted octanol–water partition coefficient (Wildman–Crippen LogP) is 1.08. The molecule has 0 aromatic carbocycles. The highest BCUT2D eigenvalue weighted by molar-refractivity contribution is 5.49. The van der Waals surface area contributed by atoms with E-state index in [0.717, 1.165) is 49.8 Å². The minimum atomic E-state index is 0.659. The van der Waals surface area contributed by atoms with Gasteiger partial charge in [0.05, 0.1) is 5.69 Å². The van der Waals surface area contributed by atoms with Crippen LogP contribution in [-0.4, -0.2) is 29.6 Å². The maximum absolute atomic E-state index is 6.07. The molecule has 3 rings (SSSR count). The third-order valence-electron chi connectivity index (χ3n) is 3.84. The highest BCUT2D eigenvalue weighted by atomic mass is 15.3. The molecular formula is C13H21N5. The summed E-state index contributed by atoms with van der Waals surface area (Å²) < 4.78 is 0. The Bertz CT molecular complexity index is 424. The van der Waals surface area contributed by atoms with E-state index >= 15 is 0 Å². The van der Waals surface area contributed by atoms with Gasteiger partial charge >= 0.3 is 0 Å². The number of nitrogens with two attached hydrogens (primary N) is 1. The summed E-state index contributed by atoms with van der Waals surface area (Å²) in [5, 5.41) is 3.32. The van der Waals surface area contributed by atoms with Gasteiger partial charge in [0.25, 0.3) is 0 Å². The zero-order valence-electron chi connectivity index (χ0n) is 10.8. The summed E-state index contributed by atoms with van der Waals surface area (Å²) in [6.07, 6.45) is 6.08. The number of hydrogen-bond acceptors (Lipinski definition) is 5. The van der Waals surface area contributed by atoms with Crippen molar-refractivity contribution in [2.45, 2.75) is 38.6 Å². The smallest absolute Gasteiger partial charge is 0.227 e. The summed E-state index contributed by atoms with van der Waals surface area (Å²) in [5.41, 5.74) is 8.31. The Balaban J connectivity index is 1.89. The second-order valence-electron chi connectivity index (χ2n) is 5.16. The Labute approximate surface area is 108 Å². The van der Waals surface area contributed by atoms with Crippen molar-refractivity contribution in [1.82, 2.24) is 15.3 Å². The molecule has 0 bridgehead atoms. The molecule has 3 heterocycles. The average Bonchev–Trinajstić information content (AvgIpc) is 2.67. The van der Waals surface area contributed by atoms with E-state index in [1.807, 2.05) is 0 Å². The van der Waals surface area contributed by atoms with Gasteiger partial charge in [-0.25, -0.2) is 4.98 Å². The zero-order valence-corrected chi connectivity index (χ0v) is 10.8. The van der Waals surface area contributed by atoms with Crippen molar-refractivity contribution in [2.24, 2.45) is 0 Å². The summed E-state index contributed by atoms with van der Waals surface area (Å²) in [5.74, 6) is 1.50. The van der Waals surface area contributed by atoms with Crippen molar-refractivity contribution >= 4 is 11.8 Å². The Hall–Kier alpha value is -1.36. The molecule has 98 valence electrons. The molecule has 0 spiro atoms. The molecule has 0 unspecified atom stereocenters. The number of fused-ring (bicyclic) bond motifs is 1. The van der Waals surface area contributed by atoms with Crippen molar-refractivity contribution in [3.63, 3.8) is 0 Å². The SMILES string of the molecule is Nc1nc(N2CCCCCC2)nc2c1CNCC2. The largest absolute Gasteiger partial charge is 0.383 e. The Morgan fingerprint density at radius 2 is 1.83 bits per heavy atom. The monoisotopic (exact) mass is 247 g/mol. The highest BCUT2D eigenvalue weighted by Crippen LogP contribution is 2.22. The predicted molar refractivity (Wildman–Crippen MR) is 72.5 cm³/mol. The van der Waals surface area contributed by atoms with Gasteiger partial charge in [-0.3, -0.25) is 0 Å². The Morgan fingerprint density at radius 1 is 1.06 bits per heavy atom. The van der Waals surface area contributed by atoms with E-state index in [1.165, 1.54) is 25.7 Å². The van der Waals surface area contributed by atoms with Gasteiger partial charge in [-0.15, -0.1) is 0 Å². The lowest BCUT2D eigenvalue weighted by atomic mass is 10.1. The first-order valence-electron chi connectivity index (χ1n) is 6.95. The van der Waals surface area contributed by atoms with Crippen LogP contribution in [0.3, 0.4) is 0 Å². The van der Waals surface area contributed by atoms with E-state index in [4.69, 9.17) is 10.7 Å². The molecule has 1 aromatic heterocycles. The summed E-state index contributed by atoms with van der Waals surface area (Å²) >= 11 is 0. The molecule has 0 saturated carbocycles. The Kier molecular flexibility index (Phi) is 3.32. The quantitative estimate of drug-likeness (QED) is 0.777. The van der Waals surface area contributed by atoms with Crippen LogP contribution in [0.15, 0.2) is 0 Å². The molecule has 5 nitrogen and oxygen atoms in total. The van der Waals surface area contributed by atoms with E-state index in [0.29, 0.717) is 5.82 Å². The van der Waals surface area contributed by atoms with Crippen LogP contribution in [0.4, 0.5) is 11.8 Å². The van der Waals surface area contributed by atoms with Gasteiger partial charge in [0.2, 0.25) is 5.95 Å². The summed E-state index contributed by atoms with van der Waals surface area (Å²) in [6.45, 7) is 3.93. The van der Waals surface area contributed by atoms with Crippen LogP contribution in [0.2, 0.25) is 0 Å². The minimum absolute atomic E-state index is 0.659. The fraction of sp³-hybridized carbons (Fsp3) is 0.692. The van der Waals surface area contributed by atoms with Crippen molar-refractivity contribution in [1.29, 1.82) is 0 Å². The normalized spacial score (nSPS) is 20.3. The van der Waals surface area contributed by atoms with Crippen molar-refractivity contribution in [2.75, 3.05) is 30.3 Å². The third-order valence-corrected chi connectivity index (χ3v) is 3.84. The second-order valence-corrected chi connectivity index (χ2v) is 5.16. The molecule has 0 amide bonds. The van der Waals surface area contributed by atoms with Crippen LogP contribution in [0.1, 0.15) is 36.9 Å². The lowest BCUT2D eigenvalue weighted by Crippen LogP contribution is -2.30. The number of hydrogen-bond donors (Lipinski definition) is 2. The average molecular weight is 247 g/mol. The number of nitrogens with one attached hydrogen (secondary N) is 1. The molecule has 0 atom stereocenters. The first-order valence-corrected chi connectivity index (χ1v) is 6.95. The van der Waals surface area contributed by atoms with E-state index < -0.39 is 0 Å². The number of nitrogens with zero attached hydrogens (tertiary/aromatic N) is 3. The standard InChI is InChI=1S/C13H21N5/c14-12-10-9-15-6-5-11(10)16-13(17-12)18-7-3-1-2-4-8-18/h15H,1-9H2,(H2,14,16,17). The van der Waals surface area contributed by atoms with Crippen molar-refractivity contribution in [3.05, 3.63) is 11.3 Å². The van der Waals surface area contributed by atoms with E-state index in [1.54, 1.807) is 0 Å². The maximum Gasteiger partial charge on any atom is 0.227 e. The minimum Gasteiger partial charge on any atom is -0.383 e. The summed E-state index contributed by atoms with van der Waals surface area (Å²) in [6, 6.07) is 0. The summed E-state index contributed by atoms with van der Waals surface area (Å²) in [7, 11) is 0. The van der Waals surface area contributed by atoms with Gasteiger partial charge in [-0.1, -0.05) is 12.8 Å². The van der Waals surface area contributed by atoms with Crippen molar-refractivity contribution < 1.29 is 0 Å². The van der Waals surface area contributed by atoms with Crippen LogP contribution in [0, 0.1) is 0 Å². The number of rotatable bonds is 1. The van der Waals surface area contributed by atoms with E-state index in [2.05, 4.69) is 15.2 Å². The van der Waals surface area contributed by atoms with E-state index in [9.17, 15) is 0 Å². The lowest BCUT2D eigenvalue weighted by molar-refractivity contribution is 0.624. The van der Waals surface area contributed by atoms with Gasteiger partial charge in [0.15, 0.2) is 0 Å². The van der Waals surface area contributed by atoms with Crippen LogP contribution < -0.4 is 16.0 Å². The molecule has 0 radical (unpaired) electrons. The molecule has 1 fully saturated rings. The topological polar surface area (TPSA) is 67.1 Å². The number of nitrogen functional groups attached to an aromatic ring is 1. The third kappa shape index (κ3) is 2.27. The van der Waals surface area contributed by atoms with Crippen LogP contribution in [-0.2, 0) is 13.0 Å². The lowest BCUT2D eigenvalue weighted by Gasteiger charge is -2.24. The fourth-order valence-electron chi connectivity index (χ4n) is 2.77.